The second-order valence-corrected chi connectivity index (χ2v) is 5.97. The third-order valence-corrected chi connectivity index (χ3v) is 3.47. The number of thiocarbonyl (C=S) groups is 1. The van der Waals surface area contributed by atoms with Crippen molar-refractivity contribution in [3.8, 4) is 0 Å². The van der Waals surface area contributed by atoms with Crippen LogP contribution in [-0.2, 0) is 18.0 Å². The first-order valence-electron chi connectivity index (χ1n) is 7.51. The van der Waals surface area contributed by atoms with Crippen molar-refractivity contribution in [2.45, 2.75) is 47.0 Å². The maximum absolute atomic E-state index is 9.09. The van der Waals surface area contributed by atoms with Gasteiger partial charge in [-0.05, 0) is 39.4 Å². The van der Waals surface area contributed by atoms with Crippen LogP contribution >= 0.6 is 24.8 Å². The zero-order valence-electron chi connectivity index (χ0n) is 14.5. The van der Waals surface area contributed by atoms with E-state index >= 15 is 0 Å². The van der Waals surface area contributed by atoms with Crippen LogP contribution in [0.1, 0.15) is 47.0 Å². The van der Waals surface area contributed by atoms with Gasteiger partial charge in [-0.25, -0.2) is 0 Å². The SMILES string of the molecule is CCCCCOC(N)=S.CCO[Si](OCC)OCC.NC(=O)S. The lowest BCUT2D eigenvalue weighted by molar-refractivity contribution is 0.107. The molecule has 0 heterocycles. The smallest absolute Gasteiger partial charge is 0.471 e. The Labute approximate surface area is 152 Å². The fourth-order valence-corrected chi connectivity index (χ4v) is 2.04. The summed E-state index contributed by atoms with van der Waals surface area (Å²) in [6.45, 7) is 10.6. The number of nitrogens with two attached hydrogens (primary N) is 2. The van der Waals surface area contributed by atoms with Crippen LogP contribution in [0.3, 0.4) is 0 Å². The molecule has 0 aromatic heterocycles. The average Bonchev–Trinajstić information content (AvgIpc) is 2.44. The predicted molar refractivity (Wildman–Crippen MR) is 101 cm³/mol. The molecule has 0 bridgehead atoms. The van der Waals surface area contributed by atoms with Crippen LogP contribution in [0.25, 0.3) is 0 Å². The van der Waals surface area contributed by atoms with Crippen LogP contribution in [0.2, 0.25) is 0 Å². The highest BCUT2D eigenvalue weighted by Gasteiger charge is 2.15. The molecule has 0 saturated carbocycles. The van der Waals surface area contributed by atoms with Crippen molar-refractivity contribution in [1.29, 1.82) is 0 Å². The van der Waals surface area contributed by atoms with E-state index in [0.29, 0.717) is 26.4 Å². The molecule has 139 valence electrons. The Morgan fingerprint density at radius 2 is 1.39 bits per heavy atom. The highest BCUT2D eigenvalue weighted by molar-refractivity contribution is 7.96. The Kier molecular flexibility index (Phi) is 28.5. The van der Waals surface area contributed by atoms with Crippen molar-refractivity contribution in [2.24, 2.45) is 11.5 Å². The quantitative estimate of drug-likeness (QED) is 0.229. The minimum atomic E-state index is -1.40. The molecule has 0 aliphatic rings. The average molecular weight is 388 g/mol. The molecule has 0 aliphatic carbocycles. The van der Waals surface area contributed by atoms with Crippen molar-refractivity contribution in [2.75, 3.05) is 26.4 Å². The number of primary amides is 1. The summed E-state index contributed by atoms with van der Waals surface area (Å²) in [4.78, 5) is 9.09. The van der Waals surface area contributed by atoms with Crippen molar-refractivity contribution < 1.29 is 22.8 Å². The molecule has 4 N–H and O–H groups in total. The fourth-order valence-electron chi connectivity index (χ4n) is 1.00. The lowest BCUT2D eigenvalue weighted by Gasteiger charge is -2.10. The number of hydrogen-bond donors (Lipinski definition) is 3. The summed E-state index contributed by atoms with van der Waals surface area (Å²) in [6.07, 6.45) is 3.43. The minimum absolute atomic E-state index is 0.158. The molecular formula is C13H31N2O5S2Si. The zero-order chi connectivity index (χ0) is 18.5. The zero-order valence-corrected chi connectivity index (χ0v) is 17.2. The van der Waals surface area contributed by atoms with Gasteiger partial charge in [-0.3, -0.25) is 4.79 Å². The minimum Gasteiger partial charge on any atom is -0.471 e. The molecule has 0 aromatic carbocycles. The fraction of sp³-hybridized carbons (Fsp3) is 0.846. The second-order valence-electron chi connectivity index (χ2n) is 3.76. The van der Waals surface area contributed by atoms with Crippen LogP contribution in [-0.4, -0.2) is 46.4 Å². The summed E-state index contributed by atoms with van der Waals surface area (Å²) >= 11 is 7.61. The molecule has 0 unspecified atom stereocenters. The number of hydrogen-bond acceptors (Lipinski definition) is 6. The van der Waals surface area contributed by atoms with Gasteiger partial charge in [0.25, 0.3) is 10.4 Å². The van der Waals surface area contributed by atoms with Gasteiger partial charge >= 0.3 is 9.53 Å². The van der Waals surface area contributed by atoms with Crippen molar-refractivity contribution in [3.05, 3.63) is 0 Å². The summed E-state index contributed by atoms with van der Waals surface area (Å²) < 4.78 is 20.4. The maximum atomic E-state index is 9.09. The molecule has 0 saturated heterocycles. The first kappa shape index (κ1) is 27.5. The van der Waals surface area contributed by atoms with E-state index in [0.717, 1.165) is 6.42 Å². The number of unbranched alkanes of at least 4 members (excludes halogenated alkanes) is 2. The number of carbonyl (C=O) groups is 1. The van der Waals surface area contributed by atoms with Gasteiger partial charge in [-0.1, -0.05) is 32.4 Å². The highest BCUT2D eigenvalue weighted by Crippen LogP contribution is 1.93. The van der Waals surface area contributed by atoms with Gasteiger partial charge < -0.3 is 29.5 Å². The van der Waals surface area contributed by atoms with E-state index < -0.39 is 14.8 Å². The summed E-state index contributed by atoms with van der Waals surface area (Å²) in [6, 6.07) is 0. The van der Waals surface area contributed by atoms with Gasteiger partial charge in [0.1, 0.15) is 0 Å². The first-order valence-corrected chi connectivity index (χ1v) is 9.59. The third-order valence-electron chi connectivity index (χ3n) is 1.78. The molecule has 23 heavy (non-hydrogen) atoms. The summed E-state index contributed by atoms with van der Waals surface area (Å²) in [5, 5.41) is -0.480. The molecule has 0 fully saturated rings. The first-order chi connectivity index (χ1) is 10.8. The highest BCUT2D eigenvalue weighted by atomic mass is 32.1. The van der Waals surface area contributed by atoms with E-state index in [4.69, 9.17) is 28.5 Å². The molecule has 0 spiro atoms. The van der Waals surface area contributed by atoms with Gasteiger partial charge in [0.15, 0.2) is 0 Å². The summed E-state index contributed by atoms with van der Waals surface area (Å²) in [5.74, 6) is 0. The predicted octanol–water partition coefficient (Wildman–Crippen LogP) is 2.51. The van der Waals surface area contributed by atoms with Crippen LogP contribution in [0.15, 0.2) is 0 Å². The van der Waals surface area contributed by atoms with Crippen LogP contribution in [0.5, 0.6) is 0 Å². The van der Waals surface area contributed by atoms with Gasteiger partial charge in [-0.2, -0.15) is 0 Å². The second kappa shape index (κ2) is 23.9. The van der Waals surface area contributed by atoms with Crippen LogP contribution < -0.4 is 11.5 Å². The van der Waals surface area contributed by atoms with Gasteiger partial charge in [0, 0.05) is 19.8 Å². The molecular weight excluding hydrogens is 356 g/mol. The van der Waals surface area contributed by atoms with Crippen LogP contribution in [0.4, 0.5) is 4.79 Å². The number of amides is 1. The number of ether oxygens (including phenoxy) is 1. The van der Waals surface area contributed by atoms with Crippen molar-refractivity contribution in [3.63, 3.8) is 0 Å². The number of rotatable bonds is 10. The van der Waals surface area contributed by atoms with E-state index in [1.807, 2.05) is 20.8 Å². The Hall–Kier alpha value is -0.393. The maximum Gasteiger partial charge on any atom is 0.577 e. The standard InChI is InChI=1S/C6H13NOS.C6H15O3Si.CH3NOS/c1-2-3-4-5-8-6(7)9;1-4-7-10(8-5-2)9-6-3;2-1(3)4/h2-5H2,1H3,(H2,7,9);4-6H2,1-3H3;(H3,2,3,4). The Bertz CT molecular complexity index is 258. The van der Waals surface area contributed by atoms with Gasteiger partial charge in [0.2, 0.25) is 0 Å². The molecule has 7 nitrogen and oxygen atoms in total. The molecule has 0 atom stereocenters. The molecule has 0 aromatic rings. The van der Waals surface area contributed by atoms with E-state index in [-0.39, 0.29) is 5.17 Å². The van der Waals surface area contributed by atoms with E-state index in [1.165, 1.54) is 12.8 Å². The number of carbonyl (C=O) groups excluding carboxylic acids is 1. The van der Waals surface area contributed by atoms with Gasteiger partial charge in [-0.15, -0.1) is 0 Å². The molecule has 10 heteroatoms. The van der Waals surface area contributed by atoms with E-state index in [2.05, 4.69) is 37.5 Å². The largest absolute Gasteiger partial charge is 0.577 e. The summed E-state index contributed by atoms with van der Waals surface area (Å²) in [7, 11) is -1.40. The van der Waals surface area contributed by atoms with E-state index in [1.54, 1.807) is 0 Å². The molecule has 1 radical (unpaired) electrons. The van der Waals surface area contributed by atoms with E-state index in [9.17, 15) is 0 Å². The third kappa shape index (κ3) is 38.9. The van der Waals surface area contributed by atoms with Gasteiger partial charge in [0.05, 0.1) is 6.61 Å². The van der Waals surface area contributed by atoms with Crippen molar-refractivity contribution in [1.82, 2.24) is 0 Å². The Morgan fingerprint density at radius 3 is 1.65 bits per heavy atom. The Morgan fingerprint density at radius 1 is 1.00 bits per heavy atom. The lowest BCUT2D eigenvalue weighted by atomic mass is 10.3. The monoisotopic (exact) mass is 387 g/mol. The number of thiol groups is 1. The van der Waals surface area contributed by atoms with Crippen molar-refractivity contribution >= 4 is 44.8 Å². The van der Waals surface area contributed by atoms with Crippen LogP contribution in [0, 0.1) is 0 Å². The normalized spacial score (nSPS) is 9.30. The molecule has 0 rings (SSSR count). The topological polar surface area (TPSA) is 106 Å². The lowest BCUT2D eigenvalue weighted by Crippen LogP contribution is -2.27. The molecule has 1 amide bonds. The Balaban J connectivity index is -0.000000284. The molecule has 0 aliphatic heterocycles. The summed E-state index contributed by atoms with van der Waals surface area (Å²) in [5.41, 5.74) is 9.42.